The van der Waals surface area contributed by atoms with E-state index in [1.54, 1.807) is 13.2 Å². The van der Waals surface area contributed by atoms with Crippen LogP contribution < -0.4 is 14.8 Å². The molecule has 0 radical (unpaired) electrons. The van der Waals surface area contributed by atoms with Crippen LogP contribution in [0.1, 0.15) is 17.5 Å². The maximum absolute atomic E-state index is 14.5. The Hall–Kier alpha value is -2.64. The van der Waals surface area contributed by atoms with Crippen LogP contribution in [-0.4, -0.2) is 69.2 Å². The van der Waals surface area contributed by atoms with E-state index in [0.717, 1.165) is 39.0 Å². The van der Waals surface area contributed by atoms with Crippen molar-refractivity contribution in [3.8, 4) is 11.5 Å². The van der Waals surface area contributed by atoms with Crippen molar-refractivity contribution in [2.24, 2.45) is 0 Å². The van der Waals surface area contributed by atoms with Crippen LogP contribution in [0, 0.1) is 5.82 Å². The first-order valence-electron chi connectivity index (χ1n) is 10.7. The molecule has 1 fully saturated rings. The zero-order valence-electron chi connectivity index (χ0n) is 18.4. The Bertz CT molecular complexity index is 847. The van der Waals surface area contributed by atoms with Crippen LogP contribution in [-0.2, 0) is 17.8 Å². The molecule has 6 nitrogen and oxygen atoms in total. The summed E-state index contributed by atoms with van der Waals surface area (Å²) in [6.45, 7) is 4.82. The zero-order valence-corrected chi connectivity index (χ0v) is 18.4. The number of rotatable bonds is 9. The van der Waals surface area contributed by atoms with Crippen molar-refractivity contribution in [3.05, 3.63) is 59.4 Å². The molecule has 7 heteroatoms. The molecule has 2 aromatic rings. The quantitative estimate of drug-likeness (QED) is 0.664. The van der Waals surface area contributed by atoms with Crippen LogP contribution in [0.5, 0.6) is 11.5 Å². The molecular weight excluding hydrogens is 397 g/mol. The number of hydrogen-bond donors (Lipinski definition) is 1. The monoisotopic (exact) mass is 429 g/mol. The second-order valence-electron chi connectivity index (χ2n) is 7.79. The second-order valence-corrected chi connectivity index (χ2v) is 7.79. The first-order valence-corrected chi connectivity index (χ1v) is 10.7. The van der Waals surface area contributed by atoms with E-state index in [4.69, 9.17) is 9.47 Å². The van der Waals surface area contributed by atoms with E-state index < -0.39 is 0 Å². The number of hydrogen-bond acceptors (Lipinski definition) is 5. The highest BCUT2D eigenvalue weighted by molar-refractivity contribution is 5.78. The molecule has 1 saturated heterocycles. The lowest BCUT2D eigenvalue weighted by atomic mass is 10.1. The number of amides is 1. The van der Waals surface area contributed by atoms with E-state index in [2.05, 4.69) is 27.2 Å². The summed E-state index contributed by atoms with van der Waals surface area (Å²) in [4.78, 5) is 16.7. The molecular formula is C24H32FN3O3. The van der Waals surface area contributed by atoms with Crippen LogP contribution >= 0.6 is 0 Å². The SMILES string of the molecule is COc1cc(F)c(CN2CCCN(CC(=O)NCCc3ccccc3)CC2)cc1OC. The number of nitrogens with one attached hydrogen (secondary N) is 1. The lowest BCUT2D eigenvalue weighted by molar-refractivity contribution is -0.122. The van der Waals surface area contributed by atoms with Crippen LogP contribution in [0.4, 0.5) is 4.39 Å². The number of halogens is 1. The summed E-state index contributed by atoms with van der Waals surface area (Å²) in [6, 6.07) is 13.2. The summed E-state index contributed by atoms with van der Waals surface area (Å²) in [6.07, 6.45) is 1.77. The highest BCUT2D eigenvalue weighted by Crippen LogP contribution is 2.30. The van der Waals surface area contributed by atoms with Gasteiger partial charge in [0.1, 0.15) is 5.82 Å². The zero-order chi connectivity index (χ0) is 22.1. The van der Waals surface area contributed by atoms with Crippen LogP contribution in [0.2, 0.25) is 0 Å². The summed E-state index contributed by atoms with van der Waals surface area (Å²) in [5.41, 5.74) is 1.81. The Morgan fingerprint density at radius 2 is 1.68 bits per heavy atom. The van der Waals surface area contributed by atoms with Crippen molar-refractivity contribution in [1.82, 2.24) is 15.1 Å². The lowest BCUT2D eigenvalue weighted by Crippen LogP contribution is -2.39. The first-order chi connectivity index (χ1) is 15.1. The van der Waals surface area contributed by atoms with Crippen LogP contribution in [0.25, 0.3) is 0 Å². The predicted molar refractivity (Wildman–Crippen MR) is 119 cm³/mol. The molecule has 0 saturated carbocycles. The van der Waals surface area contributed by atoms with Crippen molar-refractivity contribution < 1.29 is 18.7 Å². The normalized spacial score (nSPS) is 15.3. The Morgan fingerprint density at radius 3 is 2.42 bits per heavy atom. The number of benzene rings is 2. The molecule has 0 bridgehead atoms. The fourth-order valence-electron chi connectivity index (χ4n) is 3.85. The van der Waals surface area contributed by atoms with Gasteiger partial charge in [-0.05, 0) is 37.6 Å². The summed E-state index contributed by atoms with van der Waals surface area (Å²) >= 11 is 0. The molecule has 1 aliphatic heterocycles. The third kappa shape index (κ3) is 6.94. The third-order valence-electron chi connectivity index (χ3n) is 5.57. The minimum Gasteiger partial charge on any atom is -0.493 e. The maximum atomic E-state index is 14.5. The Balaban J connectivity index is 1.45. The fraction of sp³-hybridized carbons (Fsp3) is 0.458. The van der Waals surface area contributed by atoms with E-state index in [9.17, 15) is 9.18 Å². The predicted octanol–water partition coefficient (Wildman–Crippen LogP) is 2.71. The second kappa shape index (κ2) is 11.7. The van der Waals surface area contributed by atoms with Gasteiger partial charge in [-0.15, -0.1) is 0 Å². The first kappa shape index (κ1) is 23.0. The van der Waals surface area contributed by atoms with Gasteiger partial charge in [-0.3, -0.25) is 14.6 Å². The molecule has 1 aliphatic rings. The molecule has 3 rings (SSSR count). The third-order valence-corrected chi connectivity index (χ3v) is 5.57. The molecule has 1 amide bonds. The average molecular weight is 430 g/mol. The maximum Gasteiger partial charge on any atom is 0.234 e. The van der Waals surface area contributed by atoms with Gasteiger partial charge in [0.2, 0.25) is 5.91 Å². The summed E-state index contributed by atoms with van der Waals surface area (Å²) < 4.78 is 24.9. The molecule has 1 N–H and O–H groups in total. The summed E-state index contributed by atoms with van der Waals surface area (Å²) in [5.74, 6) is 0.679. The highest BCUT2D eigenvalue weighted by Gasteiger charge is 2.19. The number of carbonyl (C=O) groups is 1. The van der Waals surface area contributed by atoms with Crippen molar-refractivity contribution >= 4 is 5.91 Å². The Labute approximate surface area is 183 Å². The van der Waals surface area contributed by atoms with E-state index in [1.165, 1.54) is 18.7 Å². The van der Waals surface area contributed by atoms with Crippen molar-refractivity contribution in [2.45, 2.75) is 19.4 Å². The molecule has 0 atom stereocenters. The summed E-state index contributed by atoms with van der Waals surface area (Å²) in [7, 11) is 3.05. The molecule has 0 spiro atoms. The van der Waals surface area contributed by atoms with Gasteiger partial charge in [-0.25, -0.2) is 4.39 Å². The van der Waals surface area contributed by atoms with Crippen molar-refractivity contribution in [3.63, 3.8) is 0 Å². The summed E-state index contributed by atoms with van der Waals surface area (Å²) in [5, 5.41) is 3.01. The van der Waals surface area contributed by atoms with Gasteiger partial charge in [0.05, 0.1) is 20.8 Å². The number of methoxy groups -OCH3 is 2. The molecule has 2 aromatic carbocycles. The van der Waals surface area contributed by atoms with Gasteiger partial charge in [0.25, 0.3) is 0 Å². The molecule has 0 aliphatic carbocycles. The van der Waals surface area contributed by atoms with E-state index in [1.807, 2.05) is 18.2 Å². The Morgan fingerprint density at radius 1 is 1.00 bits per heavy atom. The highest BCUT2D eigenvalue weighted by atomic mass is 19.1. The minimum absolute atomic E-state index is 0.0512. The van der Waals surface area contributed by atoms with Gasteiger partial charge in [0.15, 0.2) is 11.5 Å². The minimum atomic E-state index is -0.295. The van der Waals surface area contributed by atoms with Crippen molar-refractivity contribution in [2.75, 3.05) is 53.5 Å². The molecule has 1 heterocycles. The largest absolute Gasteiger partial charge is 0.493 e. The van der Waals surface area contributed by atoms with Gasteiger partial charge in [-0.1, -0.05) is 30.3 Å². The van der Waals surface area contributed by atoms with Crippen LogP contribution in [0.3, 0.4) is 0 Å². The topological polar surface area (TPSA) is 54.0 Å². The van der Waals surface area contributed by atoms with E-state index in [-0.39, 0.29) is 11.7 Å². The number of nitrogens with zero attached hydrogens (tertiary/aromatic N) is 2. The van der Waals surface area contributed by atoms with Crippen molar-refractivity contribution in [1.29, 1.82) is 0 Å². The molecule has 0 aromatic heterocycles. The Kier molecular flexibility index (Phi) is 8.67. The van der Waals surface area contributed by atoms with Crippen LogP contribution in [0.15, 0.2) is 42.5 Å². The van der Waals surface area contributed by atoms with Gasteiger partial charge < -0.3 is 14.8 Å². The fourth-order valence-corrected chi connectivity index (χ4v) is 3.85. The van der Waals surface area contributed by atoms with Gasteiger partial charge in [-0.2, -0.15) is 0 Å². The number of ether oxygens (including phenoxy) is 2. The van der Waals surface area contributed by atoms with E-state index >= 15 is 0 Å². The lowest BCUT2D eigenvalue weighted by Gasteiger charge is -2.22. The van der Waals surface area contributed by atoms with Gasteiger partial charge in [0, 0.05) is 37.8 Å². The standard InChI is InChI=1S/C24H32FN3O3/c1-30-22-15-20(21(25)16-23(22)31-2)17-27-11-6-12-28(14-13-27)18-24(29)26-10-9-19-7-4-3-5-8-19/h3-5,7-8,15-16H,6,9-14,17-18H2,1-2H3,(H,26,29). The molecule has 168 valence electrons. The molecule has 31 heavy (non-hydrogen) atoms. The van der Waals surface area contributed by atoms with E-state index in [0.29, 0.717) is 36.7 Å². The molecule has 0 unspecified atom stereocenters. The van der Waals surface area contributed by atoms with Gasteiger partial charge >= 0.3 is 0 Å². The average Bonchev–Trinajstić information content (AvgIpc) is 3.00. The smallest absolute Gasteiger partial charge is 0.234 e. The number of carbonyl (C=O) groups excluding carboxylic acids is 1.